The second-order valence-corrected chi connectivity index (χ2v) is 5.55. The Morgan fingerprint density at radius 2 is 1.28 bits per heavy atom. The first-order valence-corrected chi connectivity index (χ1v) is 6.59. The molecule has 0 spiro atoms. The summed E-state index contributed by atoms with van der Waals surface area (Å²) in [4.78, 5) is 0. The van der Waals surface area contributed by atoms with Gasteiger partial charge in [-0.2, -0.15) is 43.9 Å². The van der Waals surface area contributed by atoms with E-state index < -0.39 is 58.2 Å². The molecule has 0 aliphatic heterocycles. The lowest BCUT2D eigenvalue weighted by atomic mass is 9.86. The van der Waals surface area contributed by atoms with Gasteiger partial charge in [0.15, 0.2) is 6.67 Å². The Balaban J connectivity index is 3.82. The summed E-state index contributed by atoms with van der Waals surface area (Å²) in [5.41, 5.74) is -10.7. The molecule has 0 saturated heterocycles. The zero-order valence-corrected chi connectivity index (χ0v) is 12.9. The van der Waals surface area contributed by atoms with Crippen LogP contribution in [-0.2, 0) is 11.6 Å². The summed E-state index contributed by atoms with van der Waals surface area (Å²) in [6.45, 7) is -2.54. The van der Waals surface area contributed by atoms with Crippen molar-refractivity contribution in [2.24, 2.45) is 0 Å². The summed E-state index contributed by atoms with van der Waals surface area (Å²) in [6, 6.07) is 0.647. The molecule has 1 unspecified atom stereocenters. The normalized spacial score (nSPS) is 16.7. The Morgan fingerprint density at radius 3 is 1.64 bits per heavy atom. The smallest absolute Gasteiger partial charge is 0.244 e. The lowest BCUT2D eigenvalue weighted by Crippen LogP contribution is -2.59. The highest BCUT2D eigenvalue weighted by Crippen LogP contribution is 2.58. The average Bonchev–Trinajstić information content (AvgIpc) is 2.43. The van der Waals surface area contributed by atoms with Crippen LogP contribution in [0.15, 0.2) is 16.6 Å². The van der Waals surface area contributed by atoms with Crippen LogP contribution in [0, 0.1) is 6.07 Å². The maximum atomic E-state index is 14.2. The summed E-state index contributed by atoms with van der Waals surface area (Å²) in [5.74, 6) is -11.6. The van der Waals surface area contributed by atoms with Gasteiger partial charge in [-0.15, -0.1) is 0 Å². The van der Waals surface area contributed by atoms with Crippen LogP contribution in [0.3, 0.4) is 0 Å². The number of halogens is 13. The Hall–Kier alpha value is -1.14. The predicted octanol–water partition coefficient (Wildman–Crippen LogP) is 6.24. The number of hydrogen-bond acceptors (Lipinski definition) is 0. The molecule has 0 aliphatic carbocycles. The molecule has 1 radical (unpaired) electrons. The largest absolute Gasteiger partial charge is 0.457 e. The third-order valence-corrected chi connectivity index (χ3v) is 3.40. The van der Waals surface area contributed by atoms with Crippen molar-refractivity contribution >= 4 is 15.9 Å². The standard InChI is InChI=1S/C12H4BrF12/c13-7-2-5(8(15,16)4-14)1-6(3-7)9(17,11(20,21)22)10(18,19)12(23,24)25/h1,3H,4H2. The summed E-state index contributed by atoms with van der Waals surface area (Å²) in [6.07, 6.45) is -13.9. The highest BCUT2D eigenvalue weighted by molar-refractivity contribution is 9.10. The van der Waals surface area contributed by atoms with E-state index in [0.717, 1.165) is 0 Å². The Bertz CT molecular complexity index is 632. The van der Waals surface area contributed by atoms with E-state index in [9.17, 15) is 52.7 Å². The highest BCUT2D eigenvalue weighted by Gasteiger charge is 2.81. The lowest BCUT2D eigenvalue weighted by Gasteiger charge is -2.36. The second kappa shape index (κ2) is 6.23. The van der Waals surface area contributed by atoms with E-state index >= 15 is 0 Å². The first kappa shape index (κ1) is 21.9. The molecule has 0 bridgehead atoms. The molecule has 1 rings (SSSR count). The SMILES string of the molecule is FCC(F)(F)c1[c]c(Br)cc(C(F)(C(F)(F)F)C(F)(F)C(F)(F)F)c1. The van der Waals surface area contributed by atoms with Gasteiger partial charge >= 0.3 is 29.9 Å². The van der Waals surface area contributed by atoms with Crippen molar-refractivity contribution in [2.45, 2.75) is 29.9 Å². The molecule has 0 aliphatic rings. The van der Waals surface area contributed by atoms with Crippen molar-refractivity contribution in [2.75, 3.05) is 6.67 Å². The maximum Gasteiger partial charge on any atom is 0.457 e. The van der Waals surface area contributed by atoms with Gasteiger partial charge in [0.25, 0.3) is 0 Å². The first-order chi connectivity index (χ1) is 10.9. The van der Waals surface area contributed by atoms with Gasteiger partial charge in [0.05, 0.1) is 0 Å². The Labute approximate surface area is 139 Å². The fourth-order valence-electron chi connectivity index (χ4n) is 1.72. The van der Waals surface area contributed by atoms with Crippen molar-refractivity contribution in [3.8, 4) is 0 Å². The monoisotopic (exact) mass is 455 g/mol. The van der Waals surface area contributed by atoms with E-state index in [1.165, 1.54) is 6.07 Å². The molecule has 13 heteroatoms. The van der Waals surface area contributed by atoms with Crippen LogP contribution in [0.4, 0.5) is 52.7 Å². The van der Waals surface area contributed by atoms with Gasteiger partial charge in [-0.1, -0.05) is 15.9 Å². The van der Waals surface area contributed by atoms with Crippen LogP contribution in [0.5, 0.6) is 0 Å². The number of rotatable bonds is 4. The number of hydrogen-bond donors (Lipinski definition) is 0. The zero-order valence-electron chi connectivity index (χ0n) is 11.3. The Morgan fingerprint density at radius 1 is 0.800 bits per heavy atom. The average molecular weight is 456 g/mol. The molecule has 0 fully saturated rings. The minimum atomic E-state index is -7.03. The molecule has 0 saturated carbocycles. The van der Waals surface area contributed by atoms with E-state index in [1.807, 2.05) is 0 Å². The summed E-state index contributed by atoms with van der Waals surface area (Å²) >= 11 is 2.24. The first-order valence-electron chi connectivity index (χ1n) is 5.79. The fraction of sp³-hybridized carbons (Fsp3) is 0.500. The molecule has 1 aromatic carbocycles. The fourth-order valence-corrected chi connectivity index (χ4v) is 2.18. The molecule has 1 aromatic rings. The van der Waals surface area contributed by atoms with Gasteiger partial charge in [0.1, 0.15) is 0 Å². The number of alkyl halides is 12. The maximum absolute atomic E-state index is 14.2. The minimum absolute atomic E-state index is 0.231. The van der Waals surface area contributed by atoms with E-state index in [4.69, 9.17) is 0 Å². The summed E-state index contributed by atoms with van der Waals surface area (Å²) < 4.78 is 154. The topological polar surface area (TPSA) is 0 Å². The van der Waals surface area contributed by atoms with Crippen molar-refractivity contribution in [1.29, 1.82) is 0 Å². The molecule has 0 aromatic heterocycles. The van der Waals surface area contributed by atoms with Gasteiger partial charge in [-0.05, 0) is 12.1 Å². The van der Waals surface area contributed by atoms with Crippen molar-refractivity contribution in [1.82, 2.24) is 0 Å². The van der Waals surface area contributed by atoms with Crippen molar-refractivity contribution in [3.63, 3.8) is 0 Å². The quantitative estimate of drug-likeness (QED) is 0.472. The molecule has 1 atom stereocenters. The Kier molecular flexibility index (Phi) is 5.46. The summed E-state index contributed by atoms with van der Waals surface area (Å²) in [5, 5.41) is 0. The molecule has 25 heavy (non-hydrogen) atoms. The summed E-state index contributed by atoms with van der Waals surface area (Å²) in [7, 11) is 0. The van der Waals surface area contributed by atoms with Crippen LogP contribution >= 0.6 is 15.9 Å². The molecular weight excluding hydrogens is 452 g/mol. The van der Waals surface area contributed by atoms with Crippen molar-refractivity contribution in [3.05, 3.63) is 33.8 Å². The van der Waals surface area contributed by atoms with E-state index in [-0.39, 0.29) is 6.07 Å². The lowest BCUT2D eigenvalue weighted by molar-refractivity contribution is -0.389. The molecule has 0 nitrogen and oxygen atoms in total. The molecular formula is C12H4BrF12. The van der Waals surface area contributed by atoms with Gasteiger partial charge < -0.3 is 0 Å². The van der Waals surface area contributed by atoms with Gasteiger partial charge in [-0.25, -0.2) is 8.78 Å². The third-order valence-electron chi connectivity index (χ3n) is 2.98. The zero-order chi connectivity index (χ0) is 20.1. The van der Waals surface area contributed by atoms with Gasteiger partial charge in [0.2, 0.25) is 0 Å². The third kappa shape index (κ3) is 3.56. The van der Waals surface area contributed by atoms with Crippen molar-refractivity contribution < 1.29 is 52.7 Å². The van der Waals surface area contributed by atoms with Gasteiger partial charge in [0, 0.05) is 21.7 Å². The van der Waals surface area contributed by atoms with Gasteiger partial charge in [-0.3, -0.25) is 0 Å². The molecule has 0 N–H and O–H groups in total. The molecule has 0 heterocycles. The van der Waals surface area contributed by atoms with Crippen LogP contribution in [0.25, 0.3) is 0 Å². The molecule has 143 valence electrons. The van der Waals surface area contributed by atoms with Crippen LogP contribution in [-0.4, -0.2) is 24.9 Å². The predicted molar refractivity (Wildman–Crippen MR) is 62.7 cm³/mol. The van der Waals surface area contributed by atoms with E-state index in [2.05, 4.69) is 15.9 Å². The van der Waals surface area contributed by atoms with Crippen LogP contribution < -0.4 is 0 Å². The number of benzene rings is 1. The van der Waals surface area contributed by atoms with E-state index in [1.54, 1.807) is 0 Å². The molecule has 0 amide bonds. The van der Waals surface area contributed by atoms with E-state index in [0.29, 0.717) is 0 Å². The second-order valence-electron chi connectivity index (χ2n) is 4.70. The van der Waals surface area contributed by atoms with Crippen LogP contribution in [0.2, 0.25) is 0 Å². The highest BCUT2D eigenvalue weighted by atomic mass is 79.9. The van der Waals surface area contributed by atoms with Crippen LogP contribution in [0.1, 0.15) is 11.1 Å². The minimum Gasteiger partial charge on any atom is -0.244 e.